The summed E-state index contributed by atoms with van der Waals surface area (Å²) >= 11 is 6.22. The van der Waals surface area contributed by atoms with Crippen LogP contribution in [0.15, 0.2) is 18.2 Å². The minimum absolute atomic E-state index is 0.398. The van der Waals surface area contributed by atoms with Crippen LogP contribution >= 0.6 is 11.6 Å². The summed E-state index contributed by atoms with van der Waals surface area (Å²) in [6.07, 6.45) is 6.01. The van der Waals surface area contributed by atoms with Crippen molar-refractivity contribution < 1.29 is 9.59 Å². The number of hydrogen-bond acceptors (Lipinski definition) is 2. The van der Waals surface area contributed by atoms with Gasteiger partial charge < -0.3 is 0 Å². The smallest absolute Gasteiger partial charge is 0.234 e. The number of rotatable bonds is 0. The third-order valence-corrected chi connectivity index (χ3v) is 4.21. The van der Waals surface area contributed by atoms with Crippen molar-refractivity contribution in [3.63, 3.8) is 0 Å². The molecule has 0 amide bonds. The van der Waals surface area contributed by atoms with Gasteiger partial charge >= 0.3 is 0 Å². The van der Waals surface area contributed by atoms with E-state index in [4.69, 9.17) is 11.6 Å². The van der Waals surface area contributed by atoms with Crippen molar-refractivity contribution in [2.45, 2.75) is 12.8 Å². The SMILES string of the molecule is O=C1C(=O)c2c3c(cc4c(Cl)ccc1c24)=CCCC=3. The number of halogens is 1. The second kappa shape index (κ2) is 3.55. The molecule has 0 radical (unpaired) electrons. The molecule has 0 fully saturated rings. The molecule has 0 aromatic heterocycles. The molecule has 92 valence electrons. The Bertz CT molecular complexity index is 907. The van der Waals surface area contributed by atoms with Crippen LogP contribution in [0.4, 0.5) is 0 Å². The molecule has 2 aromatic rings. The fourth-order valence-electron chi connectivity index (χ4n) is 3.03. The summed E-state index contributed by atoms with van der Waals surface area (Å²) < 4.78 is 0. The Balaban J connectivity index is 2.39. The first-order valence-electron chi connectivity index (χ1n) is 6.23. The van der Waals surface area contributed by atoms with E-state index in [0.717, 1.165) is 34.1 Å². The average Bonchev–Trinajstić information content (AvgIpc) is 2.69. The molecule has 0 spiro atoms. The van der Waals surface area contributed by atoms with E-state index in [2.05, 4.69) is 6.08 Å². The van der Waals surface area contributed by atoms with Crippen LogP contribution in [0.3, 0.4) is 0 Å². The Morgan fingerprint density at radius 3 is 2.63 bits per heavy atom. The van der Waals surface area contributed by atoms with Gasteiger partial charge in [-0.2, -0.15) is 0 Å². The minimum atomic E-state index is -0.413. The molecule has 2 aliphatic rings. The number of fused-ring (bicyclic) bond motifs is 2. The standard InChI is InChI=1S/C16H9ClO2/c17-12-6-5-10-13-11(12)7-8-3-1-2-4-9(8)14(13)16(19)15(10)18/h3-7H,1-2H2. The van der Waals surface area contributed by atoms with Gasteiger partial charge in [-0.1, -0.05) is 23.8 Å². The molecular formula is C16H9ClO2. The van der Waals surface area contributed by atoms with Crippen molar-refractivity contribution in [2.24, 2.45) is 0 Å². The summed E-state index contributed by atoms with van der Waals surface area (Å²) in [6.45, 7) is 0. The van der Waals surface area contributed by atoms with Crippen molar-refractivity contribution in [2.75, 3.05) is 0 Å². The van der Waals surface area contributed by atoms with Crippen molar-refractivity contribution in [3.8, 4) is 0 Å². The predicted molar refractivity (Wildman–Crippen MR) is 75.0 cm³/mol. The normalized spacial score (nSPS) is 16.3. The first-order valence-corrected chi connectivity index (χ1v) is 6.61. The van der Waals surface area contributed by atoms with Crippen molar-refractivity contribution >= 4 is 46.1 Å². The number of Topliss-reactive ketones (excluding diaryl/α,β-unsaturated/α-hetero) is 2. The van der Waals surface area contributed by atoms with Gasteiger partial charge in [-0.25, -0.2) is 0 Å². The van der Waals surface area contributed by atoms with E-state index in [1.54, 1.807) is 12.1 Å². The Labute approximate surface area is 114 Å². The molecule has 0 atom stereocenters. The number of benzene rings is 2. The van der Waals surface area contributed by atoms with Gasteiger partial charge in [-0.05, 0) is 41.5 Å². The molecule has 2 aliphatic carbocycles. The highest BCUT2D eigenvalue weighted by atomic mass is 35.5. The predicted octanol–water partition coefficient (Wildman–Crippen LogP) is 2.23. The fraction of sp³-hybridized carbons (Fsp3) is 0.125. The quantitative estimate of drug-likeness (QED) is 0.687. The molecule has 0 bridgehead atoms. The maximum atomic E-state index is 12.2. The van der Waals surface area contributed by atoms with E-state index in [1.807, 2.05) is 12.1 Å². The molecule has 2 aromatic carbocycles. The third kappa shape index (κ3) is 1.27. The highest BCUT2D eigenvalue weighted by molar-refractivity contribution is 6.58. The van der Waals surface area contributed by atoms with Crippen LogP contribution in [0.2, 0.25) is 5.02 Å². The van der Waals surface area contributed by atoms with Crippen LogP contribution in [0.25, 0.3) is 22.9 Å². The van der Waals surface area contributed by atoms with Gasteiger partial charge in [-0.3, -0.25) is 9.59 Å². The minimum Gasteiger partial charge on any atom is -0.285 e. The van der Waals surface area contributed by atoms with Crippen LogP contribution in [0, 0.1) is 0 Å². The van der Waals surface area contributed by atoms with Crippen LogP contribution in [0.5, 0.6) is 0 Å². The highest BCUT2D eigenvalue weighted by Crippen LogP contribution is 2.32. The monoisotopic (exact) mass is 268 g/mol. The summed E-state index contributed by atoms with van der Waals surface area (Å²) in [6, 6.07) is 5.33. The summed E-state index contributed by atoms with van der Waals surface area (Å²) in [4.78, 5) is 24.3. The van der Waals surface area contributed by atoms with Crippen LogP contribution < -0.4 is 10.4 Å². The lowest BCUT2D eigenvalue weighted by molar-refractivity contribution is 0.0825. The van der Waals surface area contributed by atoms with Gasteiger partial charge in [0.15, 0.2) is 0 Å². The van der Waals surface area contributed by atoms with Crippen molar-refractivity contribution in [1.29, 1.82) is 0 Å². The molecule has 19 heavy (non-hydrogen) atoms. The maximum absolute atomic E-state index is 12.2. The Kier molecular flexibility index (Phi) is 2.04. The molecule has 0 heterocycles. The third-order valence-electron chi connectivity index (χ3n) is 3.88. The number of carbonyl (C=O) groups is 2. The zero-order valence-corrected chi connectivity index (χ0v) is 10.8. The Hall–Kier alpha value is -1.93. The molecule has 0 saturated heterocycles. The van der Waals surface area contributed by atoms with Gasteiger partial charge in [-0.15, -0.1) is 0 Å². The average molecular weight is 269 g/mol. The Morgan fingerprint density at radius 2 is 1.79 bits per heavy atom. The van der Waals surface area contributed by atoms with Crippen molar-refractivity contribution in [3.05, 3.63) is 44.8 Å². The molecule has 0 saturated carbocycles. The number of carbonyl (C=O) groups excluding carboxylic acids is 2. The van der Waals surface area contributed by atoms with Gasteiger partial charge in [0.05, 0.1) is 0 Å². The molecular weight excluding hydrogens is 260 g/mol. The maximum Gasteiger partial charge on any atom is 0.234 e. The van der Waals surface area contributed by atoms with E-state index in [9.17, 15) is 9.59 Å². The lowest BCUT2D eigenvalue weighted by Gasteiger charge is -2.07. The lowest BCUT2D eigenvalue weighted by atomic mass is 9.97. The number of ketones is 2. The first-order chi connectivity index (χ1) is 9.18. The van der Waals surface area contributed by atoms with Gasteiger partial charge in [0.1, 0.15) is 0 Å². The zero-order chi connectivity index (χ0) is 13.1. The first kappa shape index (κ1) is 10.9. The summed E-state index contributed by atoms with van der Waals surface area (Å²) in [5.74, 6) is -0.810. The molecule has 3 heteroatoms. The van der Waals surface area contributed by atoms with E-state index in [1.165, 1.54) is 0 Å². The summed E-state index contributed by atoms with van der Waals surface area (Å²) in [5.41, 5.74) is 1.03. The number of hydrogen-bond donors (Lipinski definition) is 0. The van der Waals surface area contributed by atoms with Crippen LogP contribution in [-0.2, 0) is 0 Å². The van der Waals surface area contributed by atoms with Crippen molar-refractivity contribution in [1.82, 2.24) is 0 Å². The van der Waals surface area contributed by atoms with Gasteiger partial charge in [0.2, 0.25) is 11.6 Å². The van der Waals surface area contributed by atoms with Gasteiger partial charge in [0, 0.05) is 26.9 Å². The fourth-order valence-corrected chi connectivity index (χ4v) is 3.25. The summed E-state index contributed by atoms with van der Waals surface area (Å²) in [5, 5.41) is 4.03. The van der Waals surface area contributed by atoms with Crippen LogP contribution in [0.1, 0.15) is 33.6 Å². The molecule has 4 rings (SSSR count). The van der Waals surface area contributed by atoms with E-state index in [-0.39, 0.29) is 0 Å². The lowest BCUT2D eigenvalue weighted by Crippen LogP contribution is -2.32. The van der Waals surface area contributed by atoms with E-state index in [0.29, 0.717) is 16.1 Å². The summed E-state index contributed by atoms with van der Waals surface area (Å²) in [7, 11) is 0. The largest absolute Gasteiger partial charge is 0.285 e. The topological polar surface area (TPSA) is 34.1 Å². The van der Waals surface area contributed by atoms with Gasteiger partial charge in [0.25, 0.3) is 0 Å². The zero-order valence-electron chi connectivity index (χ0n) is 10.00. The molecule has 0 aliphatic heterocycles. The molecule has 2 nitrogen and oxygen atoms in total. The van der Waals surface area contributed by atoms with E-state index >= 15 is 0 Å². The Morgan fingerprint density at radius 1 is 1.00 bits per heavy atom. The van der Waals surface area contributed by atoms with Crippen LogP contribution in [-0.4, -0.2) is 11.6 Å². The second-order valence-electron chi connectivity index (χ2n) is 4.92. The second-order valence-corrected chi connectivity index (χ2v) is 5.32. The molecule has 0 unspecified atom stereocenters. The van der Waals surface area contributed by atoms with E-state index < -0.39 is 11.6 Å². The highest BCUT2D eigenvalue weighted by Gasteiger charge is 2.32. The molecule has 0 N–H and O–H groups in total.